The Morgan fingerprint density at radius 3 is 2.85 bits per heavy atom. The average molecular weight is 366 g/mol. The quantitative estimate of drug-likeness (QED) is 0.667. The maximum absolute atomic E-state index is 12.1. The predicted octanol–water partition coefficient (Wildman–Crippen LogP) is 2.53. The van der Waals surface area contributed by atoms with E-state index in [1.54, 1.807) is 13.3 Å². The summed E-state index contributed by atoms with van der Waals surface area (Å²) in [5, 5.41) is 12.3. The van der Waals surface area contributed by atoms with Crippen molar-refractivity contribution in [1.82, 2.24) is 19.7 Å². The van der Waals surface area contributed by atoms with Crippen molar-refractivity contribution in [3.8, 4) is 11.1 Å². The summed E-state index contributed by atoms with van der Waals surface area (Å²) in [6.45, 7) is 1.28. The van der Waals surface area contributed by atoms with Gasteiger partial charge in [0.25, 0.3) is 0 Å². The lowest BCUT2D eigenvalue weighted by atomic mass is 10.0. The molecule has 0 unspecified atom stereocenters. The summed E-state index contributed by atoms with van der Waals surface area (Å²) < 4.78 is 6.95. The Kier molecular flexibility index (Phi) is 4.72. The summed E-state index contributed by atoms with van der Waals surface area (Å²) in [4.78, 5) is 21.0. The van der Waals surface area contributed by atoms with E-state index in [0.29, 0.717) is 19.0 Å². The molecule has 1 saturated carbocycles. The molecule has 2 N–H and O–H groups in total. The van der Waals surface area contributed by atoms with Crippen molar-refractivity contribution in [2.24, 2.45) is 5.92 Å². The normalized spacial score (nSPS) is 13.7. The average Bonchev–Trinajstić information content (AvgIpc) is 3.44. The highest BCUT2D eigenvalue weighted by Gasteiger charge is 2.29. The van der Waals surface area contributed by atoms with Crippen LogP contribution < -0.4 is 10.6 Å². The van der Waals surface area contributed by atoms with Crippen LogP contribution in [-0.4, -0.2) is 46.4 Å². The second-order valence-electron chi connectivity index (χ2n) is 6.63. The topological polar surface area (TPSA) is 94.0 Å². The Balaban J connectivity index is 1.74. The Morgan fingerprint density at radius 2 is 2.11 bits per heavy atom. The molecule has 0 bridgehead atoms. The Hall–Kier alpha value is -3.00. The number of fused-ring (bicyclic) bond motifs is 1. The van der Waals surface area contributed by atoms with Gasteiger partial charge in [0.1, 0.15) is 11.6 Å². The molecule has 0 aromatic carbocycles. The molecule has 27 heavy (non-hydrogen) atoms. The fourth-order valence-electron chi connectivity index (χ4n) is 3.02. The molecule has 140 valence electrons. The summed E-state index contributed by atoms with van der Waals surface area (Å²) >= 11 is 0. The first-order valence-electron chi connectivity index (χ1n) is 8.98. The molecule has 8 heteroatoms. The highest BCUT2D eigenvalue weighted by atomic mass is 16.5. The first-order chi connectivity index (χ1) is 13.2. The molecule has 3 aromatic rings. The van der Waals surface area contributed by atoms with Crippen LogP contribution in [0.25, 0.3) is 21.9 Å². The first-order valence-corrected chi connectivity index (χ1v) is 8.98. The predicted molar refractivity (Wildman–Crippen MR) is 104 cm³/mol. The van der Waals surface area contributed by atoms with Crippen LogP contribution in [0, 0.1) is 5.92 Å². The van der Waals surface area contributed by atoms with E-state index in [1.807, 2.05) is 36.4 Å². The van der Waals surface area contributed by atoms with Crippen molar-refractivity contribution in [2.75, 3.05) is 31.4 Å². The summed E-state index contributed by atoms with van der Waals surface area (Å²) in [6.07, 6.45) is 9.26. The molecule has 3 heterocycles. The number of carbonyl (C=O) groups excluding carboxylic acids is 1. The third-order valence-electron chi connectivity index (χ3n) is 4.68. The Morgan fingerprint density at radius 1 is 1.26 bits per heavy atom. The SMILES string of the molecule is CNc1ncc(-c2cnn(CCOC)c2)c2cc(NC(=O)C3CC3)ncc12. The van der Waals surface area contributed by atoms with Crippen LogP contribution >= 0.6 is 0 Å². The van der Waals surface area contributed by atoms with Crippen molar-refractivity contribution < 1.29 is 9.53 Å². The molecule has 0 aliphatic heterocycles. The van der Waals surface area contributed by atoms with Gasteiger partial charge < -0.3 is 15.4 Å². The standard InChI is InChI=1S/C19H22N6O2/c1-20-18-16-10-21-17(24-19(26)12-3-4-12)7-14(16)15(9-22-18)13-8-23-25(11-13)5-6-27-2/h7-12H,3-6H2,1-2H3,(H,20,22)(H,21,24,26). The lowest BCUT2D eigenvalue weighted by Gasteiger charge is -2.11. The Labute approximate surface area is 157 Å². The number of methoxy groups -OCH3 is 1. The third kappa shape index (κ3) is 3.61. The van der Waals surface area contributed by atoms with Crippen LogP contribution in [-0.2, 0) is 16.1 Å². The number of ether oxygens (including phenoxy) is 1. The van der Waals surface area contributed by atoms with Crippen molar-refractivity contribution >= 4 is 28.3 Å². The van der Waals surface area contributed by atoms with Gasteiger partial charge in [-0.25, -0.2) is 9.97 Å². The maximum atomic E-state index is 12.1. The zero-order valence-electron chi connectivity index (χ0n) is 15.4. The second kappa shape index (κ2) is 7.32. The highest BCUT2D eigenvalue weighted by molar-refractivity contribution is 6.03. The van der Waals surface area contributed by atoms with Crippen molar-refractivity contribution in [2.45, 2.75) is 19.4 Å². The first kappa shape index (κ1) is 17.4. The molecule has 3 aromatic heterocycles. The molecule has 8 nitrogen and oxygen atoms in total. The minimum Gasteiger partial charge on any atom is -0.383 e. The van der Waals surface area contributed by atoms with E-state index in [-0.39, 0.29) is 11.8 Å². The molecule has 0 saturated heterocycles. The number of nitrogens with zero attached hydrogens (tertiary/aromatic N) is 4. The molecular formula is C19H22N6O2. The van der Waals surface area contributed by atoms with Crippen LogP contribution in [0.2, 0.25) is 0 Å². The monoisotopic (exact) mass is 366 g/mol. The molecule has 1 fully saturated rings. The van der Waals surface area contributed by atoms with Gasteiger partial charge in [0.2, 0.25) is 5.91 Å². The van der Waals surface area contributed by atoms with E-state index in [1.165, 1.54) is 0 Å². The fourth-order valence-corrected chi connectivity index (χ4v) is 3.02. The zero-order chi connectivity index (χ0) is 18.8. The minimum atomic E-state index is 0.0404. The van der Waals surface area contributed by atoms with E-state index in [9.17, 15) is 4.79 Å². The molecule has 1 amide bonds. The Bertz CT molecular complexity index is 979. The molecule has 0 spiro atoms. The number of pyridine rings is 2. The van der Waals surface area contributed by atoms with Crippen LogP contribution in [0.5, 0.6) is 0 Å². The van der Waals surface area contributed by atoms with E-state index in [0.717, 1.165) is 40.6 Å². The molecule has 0 radical (unpaired) electrons. The summed E-state index contributed by atoms with van der Waals surface area (Å²) in [5.74, 6) is 1.47. The number of hydrogen-bond donors (Lipinski definition) is 2. The highest BCUT2D eigenvalue weighted by Crippen LogP contribution is 2.33. The van der Waals surface area contributed by atoms with Crippen molar-refractivity contribution in [3.05, 3.63) is 30.9 Å². The van der Waals surface area contributed by atoms with Crippen LogP contribution in [0.3, 0.4) is 0 Å². The smallest absolute Gasteiger partial charge is 0.228 e. The van der Waals surface area contributed by atoms with Gasteiger partial charge in [0.15, 0.2) is 0 Å². The number of amides is 1. The van der Waals surface area contributed by atoms with Crippen LogP contribution in [0.1, 0.15) is 12.8 Å². The second-order valence-corrected chi connectivity index (χ2v) is 6.63. The molecule has 4 rings (SSSR count). The summed E-state index contributed by atoms with van der Waals surface area (Å²) in [7, 11) is 3.50. The number of nitrogens with one attached hydrogen (secondary N) is 2. The van der Waals surface area contributed by atoms with Gasteiger partial charge in [-0.15, -0.1) is 0 Å². The third-order valence-corrected chi connectivity index (χ3v) is 4.68. The molecular weight excluding hydrogens is 344 g/mol. The molecule has 1 aliphatic carbocycles. The molecule has 1 aliphatic rings. The van der Waals surface area contributed by atoms with Gasteiger partial charge in [-0.05, 0) is 18.9 Å². The van der Waals surface area contributed by atoms with Gasteiger partial charge >= 0.3 is 0 Å². The van der Waals surface area contributed by atoms with Crippen LogP contribution in [0.15, 0.2) is 30.9 Å². The minimum absolute atomic E-state index is 0.0404. The number of carbonyl (C=O) groups is 1. The van der Waals surface area contributed by atoms with Gasteiger partial charge in [0.05, 0.1) is 19.3 Å². The van der Waals surface area contributed by atoms with E-state index < -0.39 is 0 Å². The van der Waals surface area contributed by atoms with E-state index >= 15 is 0 Å². The van der Waals surface area contributed by atoms with Crippen LogP contribution in [0.4, 0.5) is 11.6 Å². The number of aromatic nitrogens is 4. The summed E-state index contributed by atoms with van der Waals surface area (Å²) in [5.41, 5.74) is 1.90. The van der Waals surface area contributed by atoms with E-state index in [2.05, 4.69) is 25.7 Å². The lowest BCUT2D eigenvalue weighted by molar-refractivity contribution is -0.117. The van der Waals surface area contributed by atoms with Gasteiger partial charge in [-0.2, -0.15) is 5.10 Å². The number of anilines is 2. The van der Waals surface area contributed by atoms with Gasteiger partial charge in [-0.1, -0.05) is 0 Å². The number of rotatable bonds is 7. The lowest BCUT2D eigenvalue weighted by Crippen LogP contribution is -2.14. The molecule has 0 atom stereocenters. The van der Waals surface area contributed by atoms with Crippen molar-refractivity contribution in [3.63, 3.8) is 0 Å². The van der Waals surface area contributed by atoms with Gasteiger partial charge in [0, 0.05) is 60.6 Å². The fraction of sp³-hybridized carbons (Fsp3) is 0.368. The van der Waals surface area contributed by atoms with Gasteiger partial charge in [-0.3, -0.25) is 9.48 Å². The van der Waals surface area contributed by atoms with E-state index in [4.69, 9.17) is 4.74 Å². The maximum Gasteiger partial charge on any atom is 0.228 e. The zero-order valence-corrected chi connectivity index (χ0v) is 15.4. The largest absolute Gasteiger partial charge is 0.383 e. The number of hydrogen-bond acceptors (Lipinski definition) is 6. The summed E-state index contributed by atoms with van der Waals surface area (Å²) in [6, 6.07) is 1.90. The van der Waals surface area contributed by atoms with Crippen molar-refractivity contribution in [1.29, 1.82) is 0 Å².